The minimum Gasteiger partial charge on any atom is -0.461 e. The number of rotatable bonds is 18. The molecule has 0 saturated carbocycles. The van der Waals surface area contributed by atoms with Crippen LogP contribution in [0, 0.1) is 11.8 Å². The fourth-order valence-corrected chi connectivity index (χ4v) is 5.89. The summed E-state index contributed by atoms with van der Waals surface area (Å²) in [5.41, 5.74) is 7.31. The molecule has 0 aliphatic heterocycles. The predicted octanol–water partition coefficient (Wildman–Crippen LogP) is 4.84. The van der Waals surface area contributed by atoms with E-state index in [2.05, 4.69) is 16.9 Å². The maximum atomic E-state index is 13.4. The third kappa shape index (κ3) is 11.5. The third-order valence-corrected chi connectivity index (χ3v) is 8.31. The van der Waals surface area contributed by atoms with Crippen molar-refractivity contribution in [1.29, 1.82) is 0 Å². The molecule has 0 spiro atoms. The highest BCUT2D eigenvalue weighted by atomic mass is 32.1. The molecule has 2 aromatic rings. The van der Waals surface area contributed by atoms with Crippen LogP contribution in [0.15, 0.2) is 48.4 Å². The minimum absolute atomic E-state index is 0.0393. The smallest absolute Gasteiger partial charge is 0.309 e. The number of thiazole rings is 1. The summed E-state index contributed by atoms with van der Waals surface area (Å²) in [4.78, 5) is 57.2. The van der Waals surface area contributed by atoms with Gasteiger partial charge in [0.2, 0.25) is 5.91 Å². The molecule has 3 N–H and O–H groups in total. The lowest BCUT2D eigenvalue weighted by molar-refractivity contribution is -0.149. The quantitative estimate of drug-likeness (QED) is 0.176. The van der Waals surface area contributed by atoms with Crippen LogP contribution in [-0.2, 0) is 30.3 Å². The highest BCUT2D eigenvalue weighted by molar-refractivity contribution is 7.09. The van der Waals surface area contributed by atoms with E-state index in [-0.39, 0.29) is 42.2 Å². The first-order valence-corrected chi connectivity index (χ1v) is 16.0. The van der Waals surface area contributed by atoms with Crippen LogP contribution < -0.4 is 11.1 Å². The molecule has 0 fully saturated rings. The number of hydrogen-bond donors (Lipinski definition) is 2. The molecular formula is C33H48N4O6S. The molecule has 10 nitrogen and oxygen atoms in total. The molecule has 11 heteroatoms. The molecule has 0 aliphatic carbocycles. The van der Waals surface area contributed by atoms with Crippen molar-refractivity contribution in [3.05, 3.63) is 64.6 Å². The Hall–Kier alpha value is -3.57. The Balaban J connectivity index is 2.26. The number of hydrogen-bond acceptors (Lipinski definition) is 9. The zero-order chi connectivity index (χ0) is 32.8. The van der Waals surface area contributed by atoms with E-state index in [9.17, 15) is 19.2 Å². The van der Waals surface area contributed by atoms with E-state index in [4.69, 9.17) is 15.2 Å². The number of nitrogens with two attached hydrogens (primary N) is 1. The van der Waals surface area contributed by atoms with Gasteiger partial charge in [0.15, 0.2) is 6.10 Å². The van der Waals surface area contributed by atoms with Gasteiger partial charge in [0.05, 0.1) is 12.0 Å². The van der Waals surface area contributed by atoms with Crippen LogP contribution in [0.25, 0.3) is 0 Å². The number of esters is 2. The number of benzene rings is 1. The van der Waals surface area contributed by atoms with Gasteiger partial charge in [-0.25, -0.2) is 4.98 Å². The summed E-state index contributed by atoms with van der Waals surface area (Å²) in [7, 11) is 1.72. The van der Waals surface area contributed by atoms with Crippen molar-refractivity contribution in [3.8, 4) is 0 Å². The summed E-state index contributed by atoms with van der Waals surface area (Å²) in [5, 5.41) is 5.11. The number of carbonyl (C=O) groups excluding carboxylic acids is 4. The van der Waals surface area contributed by atoms with Crippen LogP contribution in [0.3, 0.4) is 0 Å². The number of amides is 2. The topological polar surface area (TPSA) is 141 Å². The van der Waals surface area contributed by atoms with Gasteiger partial charge in [0, 0.05) is 37.9 Å². The van der Waals surface area contributed by atoms with Gasteiger partial charge in [-0.15, -0.1) is 11.3 Å². The highest BCUT2D eigenvalue weighted by Gasteiger charge is 2.32. The van der Waals surface area contributed by atoms with Gasteiger partial charge in [-0.3, -0.25) is 19.2 Å². The summed E-state index contributed by atoms with van der Waals surface area (Å²) in [6.45, 7) is 12.7. The van der Waals surface area contributed by atoms with Crippen molar-refractivity contribution in [1.82, 2.24) is 15.2 Å². The Kier molecular flexibility index (Phi) is 15.2. The molecule has 0 radical (unpaired) electrons. The molecule has 2 rings (SSSR count). The fraction of sp³-hybridized carbons (Fsp3) is 0.545. The van der Waals surface area contributed by atoms with Crippen molar-refractivity contribution < 1.29 is 28.7 Å². The van der Waals surface area contributed by atoms with Crippen LogP contribution in [0.5, 0.6) is 0 Å². The maximum Gasteiger partial charge on any atom is 0.309 e. The van der Waals surface area contributed by atoms with Gasteiger partial charge in [0.1, 0.15) is 17.3 Å². The van der Waals surface area contributed by atoms with E-state index >= 15 is 0 Å². The molecule has 1 heterocycles. The molecular weight excluding hydrogens is 580 g/mol. The average molecular weight is 629 g/mol. The van der Waals surface area contributed by atoms with E-state index < -0.39 is 29.9 Å². The van der Waals surface area contributed by atoms with E-state index in [0.29, 0.717) is 30.7 Å². The Labute approximate surface area is 265 Å². The Bertz CT molecular complexity index is 1230. The molecule has 44 heavy (non-hydrogen) atoms. The van der Waals surface area contributed by atoms with Crippen molar-refractivity contribution in [3.63, 3.8) is 0 Å². The van der Waals surface area contributed by atoms with Gasteiger partial charge in [-0.2, -0.15) is 0 Å². The van der Waals surface area contributed by atoms with Crippen LogP contribution in [0.4, 0.5) is 0 Å². The van der Waals surface area contributed by atoms with Crippen molar-refractivity contribution in [2.75, 3.05) is 13.7 Å². The molecule has 0 bridgehead atoms. The second-order valence-corrected chi connectivity index (χ2v) is 12.4. The lowest BCUT2D eigenvalue weighted by atomic mass is 9.95. The normalized spacial score (nSPS) is 14.5. The number of nitrogens with zero attached hydrogens (tertiary/aromatic N) is 2. The van der Waals surface area contributed by atoms with Gasteiger partial charge in [-0.1, -0.05) is 77.1 Å². The van der Waals surface area contributed by atoms with Gasteiger partial charge in [-0.05, 0) is 30.7 Å². The summed E-state index contributed by atoms with van der Waals surface area (Å²) in [5.74, 6) is -1.84. The first-order chi connectivity index (χ1) is 20.9. The van der Waals surface area contributed by atoms with Crippen LogP contribution in [0.1, 0.15) is 87.5 Å². The summed E-state index contributed by atoms with van der Waals surface area (Å²) in [6.07, 6.45) is 3.29. The van der Waals surface area contributed by atoms with Gasteiger partial charge >= 0.3 is 11.9 Å². The highest BCUT2D eigenvalue weighted by Crippen LogP contribution is 2.30. The number of ether oxygens (including phenoxy) is 2. The average Bonchev–Trinajstić information content (AvgIpc) is 3.48. The Morgan fingerprint density at radius 3 is 2.41 bits per heavy atom. The van der Waals surface area contributed by atoms with E-state index in [0.717, 1.165) is 12.0 Å². The molecule has 0 aliphatic rings. The van der Waals surface area contributed by atoms with Gasteiger partial charge < -0.3 is 25.4 Å². The zero-order valence-electron chi connectivity index (χ0n) is 26.8. The van der Waals surface area contributed by atoms with Gasteiger partial charge in [0.25, 0.3) is 5.91 Å². The number of likely N-dealkylation sites (N-methyl/N-ethyl adjacent to an activating group) is 1. The largest absolute Gasteiger partial charge is 0.461 e. The lowest BCUT2D eigenvalue weighted by Crippen LogP contribution is -2.48. The summed E-state index contributed by atoms with van der Waals surface area (Å²) >= 11 is 1.21. The van der Waals surface area contributed by atoms with E-state index in [1.165, 1.54) is 24.3 Å². The number of aromatic nitrogens is 1. The van der Waals surface area contributed by atoms with Crippen molar-refractivity contribution in [2.45, 2.75) is 91.0 Å². The summed E-state index contributed by atoms with van der Waals surface area (Å²) in [6, 6.07) is 8.43. The number of carbonyl (C=O) groups is 4. The maximum absolute atomic E-state index is 13.4. The standard InChI is InChI=1S/C33H48N4O6S/c1-8-13-26(34)32(40)37(7)28(21(3)4)19-29(43-23(6)38)31-36-27(20-44-31)30(39)35-25(18-24-14-11-10-12-15-24)17-22(5)33(41)42-16-9-2/h9-12,14-15,20-22,25-26,28-29H,2,8,13,16-19,34H2,1,3-7H3,(H,35,39)/t22-,25+,26-,28+,29+/m0/s1. The number of nitrogens with one attached hydrogen (secondary N) is 1. The Morgan fingerprint density at radius 2 is 1.82 bits per heavy atom. The molecule has 5 atom stereocenters. The lowest BCUT2D eigenvalue weighted by Gasteiger charge is -2.34. The first-order valence-electron chi connectivity index (χ1n) is 15.1. The predicted molar refractivity (Wildman–Crippen MR) is 172 cm³/mol. The molecule has 242 valence electrons. The van der Waals surface area contributed by atoms with Crippen LogP contribution in [-0.4, -0.2) is 65.4 Å². The zero-order valence-corrected chi connectivity index (χ0v) is 27.6. The molecule has 2 amide bonds. The molecule has 0 unspecified atom stereocenters. The van der Waals surface area contributed by atoms with Crippen LogP contribution in [0.2, 0.25) is 0 Å². The molecule has 1 aromatic carbocycles. The second kappa shape index (κ2) is 18.3. The minimum atomic E-state index is -0.760. The summed E-state index contributed by atoms with van der Waals surface area (Å²) < 4.78 is 10.9. The SMILES string of the molecule is C=CCOC(=O)[C@@H](C)C[C@H](Cc1ccccc1)NC(=O)c1csc([C@@H](C[C@H](C(C)C)N(C)C(=O)[C@@H](N)CCC)OC(C)=O)n1. The third-order valence-electron chi connectivity index (χ3n) is 7.37. The molecule has 1 aromatic heterocycles. The second-order valence-electron chi connectivity index (χ2n) is 11.5. The van der Waals surface area contributed by atoms with E-state index in [1.54, 1.807) is 24.3 Å². The van der Waals surface area contributed by atoms with Crippen LogP contribution >= 0.6 is 11.3 Å². The Morgan fingerprint density at radius 1 is 1.14 bits per heavy atom. The van der Waals surface area contributed by atoms with Crippen molar-refractivity contribution >= 4 is 35.1 Å². The molecule has 0 saturated heterocycles. The van der Waals surface area contributed by atoms with E-state index in [1.807, 2.05) is 51.1 Å². The first kappa shape index (κ1) is 36.6. The van der Waals surface area contributed by atoms with Crippen molar-refractivity contribution in [2.24, 2.45) is 17.6 Å². The fourth-order valence-electron chi connectivity index (χ4n) is 5.05. The monoisotopic (exact) mass is 628 g/mol.